The smallest absolute Gasteiger partial charge is 0.263 e. The lowest BCUT2D eigenvalue weighted by Gasteiger charge is -2.18. The summed E-state index contributed by atoms with van der Waals surface area (Å²) < 4.78 is 10.6. The Morgan fingerprint density at radius 2 is 1.96 bits per heavy atom. The number of ether oxygens (including phenoxy) is 2. The maximum Gasteiger partial charge on any atom is 0.263 e. The van der Waals surface area contributed by atoms with Crippen molar-refractivity contribution in [1.82, 2.24) is 5.32 Å². The van der Waals surface area contributed by atoms with Crippen LogP contribution in [0, 0.1) is 11.3 Å². The van der Waals surface area contributed by atoms with Gasteiger partial charge in [-0.3, -0.25) is 4.79 Å². The van der Waals surface area contributed by atoms with Gasteiger partial charge in [0.1, 0.15) is 11.6 Å². The maximum absolute atomic E-state index is 12.7. The van der Waals surface area contributed by atoms with Crippen LogP contribution in [0.2, 0.25) is 0 Å². The predicted molar refractivity (Wildman–Crippen MR) is 107 cm³/mol. The molecule has 1 unspecified atom stereocenters. The van der Waals surface area contributed by atoms with E-state index in [0.29, 0.717) is 11.5 Å². The van der Waals surface area contributed by atoms with E-state index in [9.17, 15) is 10.1 Å². The van der Waals surface area contributed by atoms with Gasteiger partial charge in [-0.2, -0.15) is 5.26 Å². The molecule has 2 aromatic rings. The fraction of sp³-hybridized carbons (Fsp3) is 0.273. The lowest BCUT2D eigenvalue weighted by atomic mass is 10.1. The van der Waals surface area contributed by atoms with E-state index in [1.54, 1.807) is 26.5 Å². The average molecular weight is 377 g/mol. The topological polar surface area (TPSA) is 74.6 Å². The second-order valence-electron chi connectivity index (χ2n) is 6.54. The third-order valence-electron chi connectivity index (χ3n) is 4.83. The van der Waals surface area contributed by atoms with E-state index in [4.69, 9.17) is 9.47 Å². The van der Waals surface area contributed by atoms with Crippen LogP contribution in [0.5, 0.6) is 11.5 Å². The Kier molecular flexibility index (Phi) is 5.85. The minimum atomic E-state index is -0.408. The normalized spacial score (nSPS) is 14.1. The zero-order valence-electron chi connectivity index (χ0n) is 16.2. The molecule has 144 valence electrons. The number of carbonyl (C=O) groups excluding carboxylic acids is 1. The third-order valence-corrected chi connectivity index (χ3v) is 4.83. The van der Waals surface area contributed by atoms with Crippen molar-refractivity contribution in [3.8, 4) is 17.6 Å². The van der Waals surface area contributed by atoms with Crippen LogP contribution >= 0.6 is 0 Å². The zero-order valence-corrected chi connectivity index (χ0v) is 16.2. The first-order valence-corrected chi connectivity index (χ1v) is 9.06. The van der Waals surface area contributed by atoms with Gasteiger partial charge in [0, 0.05) is 18.4 Å². The van der Waals surface area contributed by atoms with Crippen molar-refractivity contribution in [2.24, 2.45) is 0 Å². The van der Waals surface area contributed by atoms with Crippen LogP contribution in [0.15, 0.2) is 54.2 Å². The number of nitrogens with one attached hydrogen (secondary N) is 1. The molecule has 0 radical (unpaired) electrons. The molecule has 0 aromatic heterocycles. The number of hydrogen-bond acceptors (Lipinski definition) is 5. The van der Waals surface area contributed by atoms with Crippen LogP contribution < -0.4 is 19.7 Å². The zero-order chi connectivity index (χ0) is 20.1. The quantitative estimate of drug-likeness (QED) is 0.617. The number of nitrogens with zero attached hydrogens (tertiary/aromatic N) is 2. The molecule has 28 heavy (non-hydrogen) atoms. The molecule has 0 saturated carbocycles. The number of anilines is 1. The number of rotatable bonds is 6. The number of methoxy groups -OCH3 is 2. The van der Waals surface area contributed by atoms with Crippen LogP contribution in [0.1, 0.15) is 24.1 Å². The second-order valence-corrected chi connectivity index (χ2v) is 6.54. The Labute approximate surface area is 165 Å². The molecule has 1 N–H and O–H groups in total. The van der Waals surface area contributed by atoms with Crippen molar-refractivity contribution in [2.75, 3.05) is 25.7 Å². The van der Waals surface area contributed by atoms with Crippen molar-refractivity contribution in [1.29, 1.82) is 5.26 Å². The molecule has 1 heterocycles. The van der Waals surface area contributed by atoms with Crippen LogP contribution in [-0.4, -0.2) is 26.7 Å². The van der Waals surface area contributed by atoms with E-state index < -0.39 is 5.91 Å². The summed E-state index contributed by atoms with van der Waals surface area (Å²) in [5.41, 5.74) is 3.19. The van der Waals surface area contributed by atoms with Gasteiger partial charge in [0.15, 0.2) is 11.5 Å². The fourth-order valence-corrected chi connectivity index (χ4v) is 3.27. The largest absolute Gasteiger partial charge is 0.493 e. The summed E-state index contributed by atoms with van der Waals surface area (Å²) in [5, 5.41) is 12.4. The number of para-hydroxylation sites is 1. The molecule has 0 spiro atoms. The molecule has 1 amide bonds. The van der Waals surface area contributed by atoms with Gasteiger partial charge < -0.3 is 19.7 Å². The molecule has 6 nitrogen and oxygen atoms in total. The summed E-state index contributed by atoms with van der Waals surface area (Å²) in [6.07, 6.45) is 2.53. The fourth-order valence-electron chi connectivity index (χ4n) is 3.27. The van der Waals surface area contributed by atoms with Crippen molar-refractivity contribution >= 4 is 11.6 Å². The first-order valence-electron chi connectivity index (χ1n) is 9.06. The summed E-state index contributed by atoms with van der Waals surface area (Å²) in [5.74, 6) is 0.801. The number of hydrogen-bond donors (Lipinski definition) is 1. The highest BCUT2D eigenvalue weighted by Gasteiger charge is 2.20. The van der Waals surface area contributed by atoms with Gasteiger partial charge in [-0.25, -0.2) is 0 Å². The Balaban J connectivity index is 1.75. The summed E-state index contributed by atoms with van der Waals surface area (Å²) >= 11 is 0. The van der Waals surface area contributed by atoms with E-state index >= 15 is 0 Å². The summed E-state index contributed by atoms with van der Waals surface area (Å²) in [7, 11) is 3.14. The molecule has 0 bridgehead atoms. The molecule has 1 aliphatic rings. The Hall–Kier alpha value is -3.46. The first-order chi connectivity index (χ1) is 13.6. The predicted octanol–water partition coefficient (Wildman–Crippen LogP) is 3.35. The molecule has 3 rings (SSSR count). The lowest BCUT2D eigenvalue weighted by Crippen LogP contribution is -2.29. The molecule has 0 saturated heterocycles. The molecule has 6 heteroatoms. The molecule has 0 fully saturated rings. The van der Waals surface area contributed by atoms with Crippen molar-refractivity contribution < 1.29 is 14.3 Å². The van der Waals surface area contributed by atoms with Crippen LogP contribution in [0.25, 0.3) is 0 Å². The van der Waals surface area contributed by atoms with Gasteiger partial charge in [0.05, 0.1) is 20.3 Å². The highest BCUT2D eigenvalue weighted by atomic mass is 16.5. The van der Waals surface area contributed by atoms with Crippen molar-refractivity contribution in [3.63, 3.8) is 0 Å². The lowest BCUT2D eigenvalue weighted by molar-refractivity contribution is -0.117. The van der Waals surface area contributed by atoms with Gasteiger partial charge >= 0.3 is 0 Å². The van der Waals surface area contributed by atoms with E-state index in [0.717, 1.165) is 24.2 Å². The monoisotopic (exact) mass is 377 g/mol. The number of amides is 1. The first kappa shape index (κ1) is 19.3. The second kappa shape index (κ2) is 8.49. The molecular weight excluding hydrogens is 354 g/mol. The summed E-state index contributed by atoms with van der Waals surface area (Å²) in [4.78, 5) is 14.6. The van der Waals surface area contributed by atoms with Crippen LogP contribution in [0.4, 0.5) is 5.69 Å². The molecule has 1 aliphatic heterocycles. The Morgan fingerprint density at radius 3 is 2.68 bits per heavy atom. The van der Waals surface area contributed by atoms with Gasteiger partial charge in [-0.05, 0) is 42.7 Å². The highest BCUT2D eigenvalue weighted by Crippen LogP contribution is 2.30. The van der Waals surface area contributed by atoms with E-state index in [-0.39, 0.29) is 11.6 Å². The number of nitriles is 1. The minimum absolute atomic E-state index is 0.0732. The van der Waals surface area contributed by atoms with Crippen LogP contribution in [-0.2, 0) is 11.2 Å². The minimum Gasteiger partial charge on any atom is -0.493 e. The summed E-state index contributed by atoms with van der Waals surface area (Å²) in [6, 6.07) is 15.2. The number of benzene rings is 2. The number of fused-ring (bicyclic) bond motifs is 1. The molecular formula is C22H23N3O3. The molecule has 2 aromatic carbocycles. The Bertz CT molecular complexity index is 946. The van der Waals surface area contributed by atoms with Gasteiger partial charge in [-0.15, -0.1) is 0 Å². The van der Waals surface area contributed by atoms with E-state index in [1.165, 1.54) is 5.56 Å². The highest BCUT2D eigenvalue weighted by molar-refractivity contribution is 5.98. The van der Waals surface area contributed by atoms with E-state index in [2.05, 4.69) is 11.4 Å². The van der Waals surface area contributed by atoms with Crippen molar-refractivity contribution in [3.05, 3.63) is 65.4 Å². The van der Waals surface area contributed by atoms with Crippen molar-refractivity contribution in [2.45, 2.75) is 19.4 Å². The Morgan fingerprint density at radius 1 is 1.21 bits per heavy atom. The summed E-state index contributed by atoms with van der Waals surface area (Å²) in [6.45, 7) is 2.61. The molecule has 1 atom stereocenters. The third kappa shape index (κ3) is 3.94. The van der Waals surface area contributed by atoms with Gasteiger partial charge in [-0.1, -0.05) is 24.3 Å². The molecule has 0 aliphatic carbocycles. The van der Waals surface area contributed by atoms with Gasteiger partial charge in [0.25, 0.3) is 5.91 Å². The SMILES string of the molecule is COc1ccc(C(C)NC(=O)/C(C#N)=C\N2CCc3ccccc32)cc1OC. The maximum atomic E-state index is 12.7. The van der Waals surface area contributed by atoms with Gasteiger partial charge in [0.2, 0.25) is 0 Å². The number of carbonyl (C=O) groups is 1. The van der Waals surface area contributed by atoms with E-state index in [1.807, 2.05) is 48.2 Å². The standard InChI is InChI=1S/C22H23N3O3/c1-15(17-8-9-20(27-2)21(12-17)28-3)24-22(26)18(13-23)14-25-11-10-16-6-4-5-7-19(16)25/h4-9,12,14-15H,10-11H2,1-3H3,(H,24,26)/b18-14-. The average Bonchev–Trinajstić information content (AvgIpc) is 3.14. The van der Waals surface area contributed by atoms with Crippen LogP contribution in [0.3, 0.4) is 0 Å².